The monoisotopic (exact) mass is 693 g/mol. The van der Waals surface area contributed by atoms with E-state index in [0.717, 1.165) is 24.3 Å². The normalized spacial score (nSPS) is 25.9. The van der Waals surface area contributed by atoms with E-state index in [1.54, 1.807) is 0 Å². The van der Waals surface area contributed by atoms with Crippen LogP contribution in [0.2, 0.25) is 0 Å². The number of hydrogen-bond donors (Lipinski definition) is 9. The van der Waals surface area contributed by atoms with Gasteiger partial charge in [-0.3, -0.25) is 14.6 Å². The van der Waals surface area contributed by atoms with Gasteiger partial charge in [-0.1, -0.05) is 96.8 Å². The van der Waals surface area contributed by atoms with Gasteiger partial charge < -0.3 is 55.3 Å². The molecular formula is C33H63N3O12. The number of fused-ring (bicyclic) bond motifs is 1. The molecule has 9 atom stereocenters. The minimum absolute atomic E-state index is 0.0110. The molecular weight excluding hydrogens is 630 g/mol. The molecule has 15 nitrogen and oxygen atoms in total. The lowest BCUT2D eigenvalue weighted by Crippen LogP contribution is -2.58. The summed E-state index contributed by atoms with van der Waals surface area (Å²) < 4.78 is 16.0. The Morgan fingerprint density at radius 2 is 1.38 bits per heavy atom. The van der Waals surface area contributed by atoms with Crippen LogP contribution in [0.4, 0.5) is 0 Å². The highest BCUT2D eigenvalue weighted by atomic mass is 17.0. The van der Waals surface area contributed by atoms with Crippen LogP contribution in [0.15, 0.2) is 0 Å². The summed E-state index contributed by atoms with van der Waals surface area (Å²) in [4.78, 5) is 24.9. The zero-order valence-corrected chi connectivity index (χ0v) is 28.7. The van der Waals surface area contributed by atoms with Crippen LogP contribution in [0.1, 0.15) is 116 Å². The molecule has 15 heteroatoms. The largest absolute Gasteiger partial charge is 0.394 e. The number of unbranched alkanes of at least 4 members (excludes halogenated alkanes) is 14. The van der Waals surface area contributed by atoms with Gasteiger partial charge in [0.15, 0.2) is 12.2 Å². The van der Waals surface area contributed by atoms with E-state index in [2.05, 4.69) is 12.2 Å². The highest BCUT2D eigenvalue weighted by molar-refractivity contribution is 5.81. The van der Waals surface area contributed by atoms with Crippen LogP contribution >= 0.6 is 0 Å². The van der Waals surface area contributed by atoms with Crippen molar-refractivity contribution in [1.82, 2.24) is 10.3 Å². The second-order valence-corrected chi connectivity index (χ2v) is 13.2. The summed E-state index contributed by atoms with van der Waals surface area (Å²) in [5.74, 6) is 2.57. The first kappa shape index (κ1) is 42.7. The van der Waals surface area contributed by atoms with E-state index < -0.39 is 73.9 Å². The number of aliphatic hydroxyl groups excluding tert-OH is 7. The minimum Gasteiger partial charge on any atom is -0.394 e. The Labute approximate surface area is 284 Å². The van der Waals surface area contributed by atoms with Crippen molar-refractivity contribution in [2.75, 3.05) is 26.3 Å². The van der Waals surface area contributed by atoms with E-state index in [-0.39, 0.29) is 25.4 Å². The van der Waals surface area contributed by atoms with Crippen molar-refractivity contribution in [3.8, 4) is 0 Å². The van der Waals surface area contributed by atoms with Gasteiger partial charge in [-0.15, -0.1) is 0 Å². The van der Waals surface area contributed by atoms with Crippen molar-refractivity contribution < 1.29 is 59.5 Å². The molecule has 2 saturated heterocycles. The molecule has 2 aliphatic heterocycles. The summed E-state index contributed by atoms with van der Waals surface area (Å²) in [7, 11) is 0. The smallest absolute Gasteiger partial charge is 0.315 e. The Hall–Kier alpha value is -1.50. The van der Waals surface area contributed by atoms with Gasteiger partial charge in [-0.05, 0) is 12.8 Å². The summed E-state index contributed by atoms with van der Waals surface area (Å²) in [6, 6.07) is 0. The van der Waals surface area contributed by atoms with E-state index in [0.29, 0.717) is 6.42 Å². The molecule has 0 spiro atoms. The second kappa shape index (κ2) is 23.1. The second-order valence-electron chi connectivity index (χ2n) is 13.2. The van der Waals surface area contributed by atoms with Gasteiger partial charge in [0, 0.05) is 19.5 Å². The number of nitrogens with one attached hydrogen (secondary N) is 1. The SMILES string of the molecule is CCCCCCCCCCCCCCCCCC(=O)N(N)CCCNC(=O)C(O)C(O)C(OC12OC(CO)C(O)C(O)C1O2)C(O)CO. The Morgan fingerprint density at radius 3 is 1.90 bits per heavy atom. The Balaban J connectivity index is 1.57. The number of ether oxygens (including phenoxy) is 3. The Bertz CT molecular complexity index is 904. The molecule has 10 N–H and O–H groups in total. The number of nitrogens with zero attached hydrogens (tertiary/aromatic N) is 1. The van der Waals surface area contributed by atoms with Crippen molar-refractivity contribution in [1.29, 1.82) is 0 Å². The molecule has 0 aromatic carbocycles. The summed E-state index contributed by atoms with van der Waals surface area (Å²) in [5, 5.41) is 73.8. The Kier molecular flexibility index (Phi) is 20.5. The van der Waals surface area contributed by atoms with Crippen LogP contribution in [0.5, 0.6) is 0 Å². The predicted molar refractivity (Wildman–Crippen MR) is 175 cm³/mol. The maximum absolute atomic E-state index is 12.5. The van der Waals surface area contributed by atoms with Crippen LogP contribution in [-0.2, 0) is 23.8 Å². The lowest BCUT2D eigenvalue weighted by molar-refractivity contribution is -0.323. The van der Waals surface area contributed by atoms with Crippen molar-refractivity contribution in [3.05, 3.63) is 0 Å². The third-order valence-electron chi connectivity index (χ3n) is 9.10. The summed E-state index contributed by atoms with van der Waals surface area (Å²) in [6.45, 7) is 0.755. The van der Waals surface area contributed by atoms with Crippen molar-refractivity contribution >= 4 is 11.8 Å². The quantitative estimate of drug-likeness (QED) is 0.0173. The van der Waals surface area contributed by atoms with Crippen molar-refractivity contribution in [2.45, 2.75) is 171 Å². The zero-order valence-electron chi connectivity index (χ0n) is 28.7. The van der Waals surface area contributed by atoms with Crippen LogP contribution in [0, 0.1) is 0 Å². The fourth-order valence-electron chi connectivity index (χ4n) is 5.95. The lowest BCUT2D eigenvalue weighted by Gasteiger charge is -2.36. The van der Waals surface area contributed by atoms with E-state index in [1.165, 1.54) is 77.0 Å². The van der Waals surface area contributed by atoms with Crippen LogP contribution < -0.4 is 11.2 Å². The molecule has 2 aliphatic rings. The molecule has 0 aromatic rings. The maximum atomic E-state index is 12.5. The first-order valence-corrected chi connectivity index (χ1v) is 18.0. The van der Waals surface area contributed by atoms with E-state index in [9.17, 15) is 45.3 Å². The fraction of sp³-hybridized carbons (Fsp3) is 0.939. The van der Waals surface area contributed by atoms with Gasteiger partial charge in [-0.2, -0.15) is 0 Å². The first-order chi connectivity index (χ1) is 23.0. The molecule has 2 fully saturated rings. The number of hydrogen-bond acceptors (Lipinski definition) is 13. The molecule has 2 amide bonds. The van der Waals surface area contributed by atoms with Crippen LogP contribution in [0.25, 0.3) is 0 Å². The predicted octanol–water partition coefficient (Wildman–Crippen LogP) is 0.0822. The number of carbonyl (C=O) groups is 2. The van der Waals surface area contributed by atoms with Gasteiger partial charge >= 0.3 is 5.97 Å². The number of amides is 2. The highest BCUT2D eigenvalue weighted by Gasteiger charge is 2.71. The fourth-order valence-corrected chi connectivity index (χ4v) is 5.95. The summed E-state index contributed by atoms with van der Waals surface area (Å²) >= 11 is 0. The first-order valence-electron chi connectivity index (χ1n) is 18.0. The molecule has 282 valence electrons. The van der Waals surface area contributed by atoms with Crippen LogP contribution in [0.3, 0.4) is 0 Å². The van der Waals surface area contributed by atoms with Gasteiger partial charge in [0.05, 0.1) is 13.2 Å². The molecule has 0 radical (unpaired) electrons. The van der Waals surface area contributed by atoms with Crippen molar-refractivity contribution in [2.24, 2.45) is 5.84 Å². The third kappa shape index (κ3) is 14.0. The van der Waals surface area contributed by atoms with Crippen molar-refractivity contribution in [3.63, 3.8) is 0 Å². The minimum atomic E-state index is -2.13. The molecule has 0 aromatic heterocycles. The highest BCUT2D eigenvalue weighted by Crippen LogP contribution is 2.48. The standard InChI is InChI=1S/C33H63N3O12/c1-2-3-4-5-6-7-8-9-10-11-12-13-14-15-16-18-25(40)36(34)20-17-19-35-32(45)29(44)27(42)30(23(39)21-37)47-33-31(48-33)28(43)26(41)24(22-38)46-33/h23-24,26-31,37-39,41-44H,2-22,34H2,1H3,(H,35,45). The maximum Gasteiger partial charge on any atom is 0.315 e. The third-order valence-corrected chi connectivity index (χ3v) is 9.10. The molecule has 0 bridgehead atoms. The molecule has 48 heavy (non-hydrogen) atoms. The van der Waals surface area contributed by atoms with Crippen LogP contribution in [-0.4, -0.2) is 134 Å². The van der Waals surface area contributed by atoms with Gasteiger partial charge in [-0.25, -0.2) is 5.84 Å². The van der Waals surface area contributed by atoms with Gasteiger partial charge in [0.1, 0.15) is 36.6 Å². The Morgan fingerprint density at radius 1 is 0.833 bits per heavy atom. The summed E-state index contributed by atoms with van der Waals surface area (Å²) in [6.07, 6.45) is 5.69. The molecule has 9 unspecified atom stereocenters. The lowest BCUT2D eigenvalue weighted by atomic mass is 10.00. The number of hydrazine groups is 1. The van der Waals surface area contributed by atoms with Gasteiger partial charge in [0.25, 0.3) is 5.91 Å². The van der Waals surface area contributed by atoms with E-state index in [4.69, 9.17) is 20.1 Å². The summed E-state index contributed by atoms with van der Waals surface area (Å²) in [5.41, 5.74) is 0. The van der Waals surface area contributed by atoms with Gasteiger partial charge in [0.2, 0.25) is 5.91 Å². The molecule has 0 aliphatic carbocycles. The molecule has 0 saturated carbocycles. The molecule has 2 heterocycles. The topological polar surface area (TPSA) is 248 Å². The van der Waals surface area contributed by atoms with E-state index >= 15 is 0 Å². The number of nitrogens with two attached hydrogens (primary N) is 1. The number of epoxide rings is 1. The average Bonchev–Trinajstić information content (AvgIpc) is 3.81. The van der Waals surface area contributed by atoms with E-state index in [1.807, 2.05) is 0 Å². The molecule has 2 rings (SSSR count). The number of aliphatic hydroxyl groups is 7. The zero-order chi connectivity index (χ0) is 35.5. The number of carbonyl (C=O) groups excluding carboxylic acids is 2. The average molecular weight is 694 g/mol. The number of rotatable bonds is 28.